The van der Waals surface area contributed by atoms with E-state index in [4.69, 9.17) is 4.42 Å². The van der Waals surface area contributed by atoms with E-state index in [1.54, 1.807) is 12.4 Å². The summed E-state index contributed by atoms with van der Waals surface area (Å²) in [4.78, 5) is 8.47. The molecule has 3 aromatic rings. The largest absolute Gasteiger partial charge is 0.444 e. The Kier molecular flexibility index (Phi) is 2.51. The predicted molar refractivity (Wildman–Crippen MR) is 68.5 cm³/mol. The van der Waals surface area contributed by atoms with Gasteiger partial charge in [-0.1, -0.05) is 6.07 Å². The van der Waals surface area contributed by atoms with Gasteiger partial charge >= 0.3 is 0 Å². The molecule has 3 aromatic heterocycles. The van der Waals surface area contributed by atoms with Gasteiger partial charge in [0.05, 0.1) is 6.20 Å². The van der Waals surface area contributed by atoms with Gasteiger partial charge in [-0.3, -0.25) is 4.40 Å². The van der Waals surface area contributed by atoms with E-state index < -0.39 is 0 Å². The molecule has 0 fully saturated rings. The molecule has 3 rings (SSSR count). The van der Waals surface area contributed by atoms with Crippen LogP contribution in [0.5, 0.6) is 0 Å². The molecule has 0 saturated carbocycles. The number of hydrogen-bond acceptors (Lipinski definition) is 4. The van der Waals surface area contributed by atoms with Gasteiger partial charge in [-0.2, -0.15) is 0 Å². The summed E-state index contributed by atoms with van der Waals surface area (Å²) in [5, 5.41) is 3.37. The number of fused-ring (bicyclic) bond motifs is 1. The minimum atomic E-state index is 0.00620. The minimum Gasteiger partial charge on any atom is -0.444 e. The quantitative estimate of drug-likeness (QED) is 0.767. The van der Waals surface area contributed by atoms with E-state index in [2.05, 4.69) is 15.3 Å². The number of hydrogen-bond donors (Lipinski definition) is 1. The first kappa shape index (κ1) is 10.8. The zero-order chi connectivity index (χ0) is 12.5. The number of aromatic nitrogens is 3. The molecule has 1 N–H and O–H groups in total. The van der Waals surface area contributed by atoms with Crippen LogP contribution in [0, 0.1) is 6.92 Å². The van der Waals surface area contributed by atoms with E-state index in [0.717, 1.165) is 17.2 Å². The Morgan fingerprint density at radius 3 is 3.00 bits per heavy atom. The summed E-state index contributed by atoms with van der Waals surface area (Å²) in [5.41, 5.74) is 0.913. The van der Waals surface area contributed by atoms with E-state index in [9.17, 15) is 0 Å². The third kappa shape index (κ3) is 1.84. The summed E-state index contributed by atoms with van der Waals surface area (Å²) in [7, 11) is 0. The lowest BCUT2D eigenvalue weighted by Crippen LogP contribution is -2.09. The first-order valence-electron chi connectivity index (χ1n) is 5.85. The van der Waals surface area contributed by atoms with E-state index in [1.807, 2.05) is 42.6 Å². The summed E-state index contributed by atoms with van der Waals surface area (Å²) in [6.45, 7) is 3.90. The molecule has 3 heterocycles. The van der Waals surface area contributed by atoms with Crippen LogP contribution in [-0.4, -0.2) is 14.4 Å². The molecule has 0 aromatic carbocycles. The van der Waals surface area contributed by atoms with Crippen LogP contribution < -0.4 is 5.32 Å². The molecule has 92 valence electrons. The Labute approximate surface area is 104 Å². The third-order valence-corrected chi connectivity index (χ3v) is 2.80. The van der Waals surface area contributed by atoms with Crippen molar-refractivity contribution in [1.29, 1.82) is 0 Å². The van der Waals surface area contributed by atoms with Crippen LogP contribution in [0.3, 0.4) is 0 Å². The van der Waals surface area contributed by atoms with Gasteiger partial charge in [0.1, 0.15) is 23.3 Å². The van der Waals surface area contributed by atoms with Crippen LogP contribution in [0.15, 0.2) is 41.2 Å². The molecule has 0 spiro atoms. The topological polar surface area (TPSA) is 55.4 Å². The number of anilines is 1. The molecule has 18 heavy (non-hydrogen) atoms. The highest BCUT2D eigenvalue weighted by molar-refractivity contribution is 5.50. The predicted octanol–water partition coefficient (Wildman–Crippen LogP) is 2.80. The van der Waals surface area contributed by atoms with Crippen molar-refractivity contribution in [3.63, 3.8) is 0 Å². The number of oxazole rings is 1. The Hall–Kier alpha value is -2.30. The number of pyridine rings is 1. The fraction of sp³-hybridized carbons (Fsp3) is 0.231. The molecule has 5 heteroatoms. The molecule has 5 nitrogen and oxygen atoms in total. The molecular weight excluding hydrogens is 228 g/mol. The molecule has 0 aliphatic rings. The van der Waals surface area contributed by atoms with Crippen molar-refractivity contribution in [3.05, 3.63) is 48.4 Å². The highest BCUT2D eigenvalue weighted by atomic mass is 16.4. The molecule has 1 atom stereocenters. The van der Waals surface area contributed by atoms with Gasteiger partial charge in [0.2, 0.25) is 5.89 Å². The van der Waals surface area contributed by atoms with Gasteiger partial charge in [-0.05, 0) is 26.0 Å². The summed E-state index contributed by atoms with van der Waals surface area (Å²) in [6.07, 6.45) is 5.43. The average molecular weight is 242 g/mol. The molecule has 0 aliphatic carbocycles. The van der Waals surface area contributed by atoms with Crippen molar-refractivity contribution in [2.45, 2.75) is 19.9 Å². The Morgan fingerprint density at radius 2 is 2.22 bits per heavy atom. The third-order valence-electron chi connectivity index (χ3n) is 2.80. The Morgan fingerprint density at radius 1 is 1.33 bits per heavy atom. The van der Waals surface area contributed by atoms with E-state index in [1.165, 1.54) is 0 Å². The second-order valence-electron chi connectivity index (χ2n) is 4.24. The van der Waals surface area contributed by atoms with E-state index >= 15 is 0 Å². The fourth-order valence-electron chi connectivity index (χ4n) is 1.92. The van der Waals surface area contributed by atoms with Crippen LogP contribution >= 0.6 is 0 Å². The van der Waals surface area contributed by atoms with Crippen molar-refractivity contribution in [1.82, 2.24) is 14.4 Å². The second-order valence-corrected chi connectivity index (χ2v) is 4.24. The van der Waals surface area contributed by atoms with Gasteiger partial charge in [-0.15, -0.1) is 0 Å². The van der Waals surface area contributed by atoms with Crippen molar-refractivity contribution < 1.29 is 4.42 Å². The molecule has 0 radical (unpaired) electrons. The van der Waals surface area contributed by atoms with Crippen LogP contribution in [0.4, 0.5) is 5.82 Å². The van der Waals surface area contributed by atoms with Gasteiger partial charge < -0.3 is 9.73 Å². The maximum absolute atomic E-state index is 5.51. The van der Waals surface area contributed by atoms with Gasteiger partial charge in [0.15, 0.2) is 0 Å². The monoisotopic (exact) mass is 242 g/mol. The van der Waals surface area contributed by atoms with Crippen LogP contribution in [0.25, 0.3) is 5.65 Å². The summed E-state index contributed by atoms with van der Waals surface area (Å²) < 4.78 is 7.50. The Bertz CT molecular complexity index is 670. The van der Waals surface area contributed by atoms with Crippen molar-refractivity contribution in [3.8, 4) is 0 Å². The lowest BCUT2D eigenvalue weighted by atomic mass is 10.3. The molecule has 0 aliphatic heterocycles. The number of nitrogens with zero attached hydrogens (tertiary/aromatic N) is 3. The van der Waals surface area contributed by atoms with Gasteiger partial charge in [-0.25, -0.2) is 9.97 Å². The molecule has 0 bridgehead atoms. The second kappa shape index (κ2) is 4.18. The molecule has 0 amide bonds. The first-order chi connectivity index (χ1) is 8.74. The maximum Gasteiger partial charge on any atom is 0.216 e. The number of nitrogens with one attached hydrogen (secondary N) is 1. The van der Waals surface area contributed by atoms with Crippen LogP contribution in [0.1, 0.15) is 24.6 Å². The summed E-state index contributed by atoms with van der Waals surface area (Å²) in [6, 6.07) is 5.94. The van der Waals surface area contributed by atoms with E-state index in [-0.39, 0.29) is 6.04 Å². The van der Waals surface area contributed by atoms with Crippen molar-refractivity contribution >= 4 is 11.5 Å². The molecular formula is C13H14N4O. The molecule has 1 unspecified atom stereocenters. The van der Waals surface area contributed by atoms with Gasteiger partial charge in [0, 0.05) is 12.4 Å². The Balaban J connectivity index is 1.90. The normalized spacial score (nSPS) is 12.8. The standard InChI is InChI=1S/C13H14N4O/c1-9-8-15-13(18-9)10(2)16-12-5-3-4-11-14-6-7-17(11)12/h3-8,10,16H,1-2H3. The average Bonchev–Trinajstić information content (AvgIpc) is 2.97. The van der Waals surface area contributed by atoms with Crippen molar-refractivity contribution in [2.75, 3.05) is 5.32 Å². The lowest BCUT2D eigenvalue weighted by molar-refractivity contribution is 0.453. The number of rotatable bonds is 3. The number of aryl methyl sites for hydroxylation is 1. The smallest absolute Gasteiger partial charge is 0.216 e. The summed E-state index contributed by atoms with van der Waals surface area (Å²) >= 11 is 0. The minimum absolute atomic E-state index is 0.00620. The zero-order valence-corrected chi connectivity index (χ0v) is 10.3. The highest BCUT2D eigenvalue weighted by Gasteiger charge is 2.12. The first-order valence-corrected chi connectivity index (χ1v) is 5.85. The van der Waals surface area contributed by atoms with Crippen LogP contribution in [0.2, 0.25) is 0 Å². The number of imidazole rings is 1. The van der Waals surface area contributed by atoms with Crippen LogP contribution in [-0.2, 0) is 0 Å². The van der Waals surface area contributed by atoms with E-state index in [0.29, 0.717) is 5.89 Å². The van der Waals surface area contributed by atoms with Crippen molar-refractivity contribution in [2.24, 2.45) is 0 Å². The molecule has 0 saturated heterocycles. The fourth-order valence-corrected chi connectivity index (χ4v) is 1.92. The highest BCUT2D eigenvalue weighted by Crippen LogP contribution is 2.19. The summed E-state index contributed by atoms with van der Waals surface area (Å²) in [5.74, 6) is 2.47. The lowest BCUT2D eigenvalue weighted by Gasteiger charge is -2.13. The SMILES string of the molecule is Cc1cnc(C(C)Nc2cccc3nccn23)o1. The zero-order valence-electron chi connectivity index (χ0n) is 10.3. The van der Waals surface area contributed by atoms with Gasteiger partial charge in [0.25, 0.3) is 0 Å². The maximum atomic E-state index is 5.51.